The lowest BCUT2D eigenvalue weighted by molar-refractivity contribution is -0.148. The number of hydrogen-bond donors (Lipinski definition) is 1. The number of tetrazole rings is 1. The first-order valence-corrected chi connectivity index (χ1v) is 6.33. The normalized spacial score (nSPS) is 11.6. The Morgan fingerprint density at radius 3 is 2.40 bits per heavy atom. The Labute approximate surface area is 115 Å². The molecule has 0 aliphatic heterocycles. The first-order valence-electron chi connectivity index (χ1n) is 6.33. The lowest BCUT2D eigenvalue weighted by Gasteiger charge is -2.27. The molecule has 2 aromatic rings. The highest BCUT2D eigenvalue weighted by molar-refractivity contribution is 5.77. The maximum absolute atomic E-state index is 13.0. The van der Waals surface area contributed by atoms with Gasteiger partial charge >= 0.3 is 5.97 Å². The van der Waals surface area contributed by atoms with E-state index in [4.69, 9.17) is 0 Å². The summed E-state index contributed by atoms with van der Waals surface area (Å²) >= 11 is 0. The summed E-state index contributed by atoms with van der Waals surface area (Å²) < 4.78 is 14.3. The molecule has 2 rings (SSSR count). The van der Waals surface area contributed by atoms with E-state index in [1.807, 2.05) is 0 Å². The van der Waals surface area contributed by atoms with Gasteiger partial charge in [0.2, 0.25) is 0 Å². The highest BCUT2D eigenvalue weighted by Gasteiger charge is 2.40. The van der Waals surface area contributed by atoms with E-state index in [1.165, 1.54) is 28.9 Å². The van der Waals surface area contributed by atoms with E-state index >= 15 is 0 Å². The number of halogens is 1. The molecule has 20 heavy (non-hydrogen) atoms. The number of carboxylic acids is 1. The van der Waals surface area contributed by atoms with Crippen LogP contribution in [0.4, 0.5) is 4.39 Å². The van der Waals surface area contributed by atoms with Crippen molar-refractivity contribution in [2.24, 2.45) is 0 Å². The third kappa shape index (κ3) is 2.15. The van der Waals surface area contributed by atoms with Crippen molar-refractivity contribution in [1.29, 1.82) is 0 Å². The van der Waals surface area contributed by atoms with E-state index in [1.54, 1.807) is 13.8 Å². The standard InChI is InChI=1S/C13H15FN4O2/c1-3-13(4-2,12(19)20)18-11(15-16-17-18)9-5-7-10(14)8-6-9/h5-8H,3-4H2,1-2H3,(H,19,20). The Morgan fingerprint density at radius 2 is 1.90 bits per heavy atom. The quantitative estimate of drug-likeness (QED) is 0.905. The van der Waals surface area contributed by atoms with Crippen LogP contribution in [-0.2, 0) is 10.3 Å². The molecule has 0 saturated carbocycles. The maximum Gasteiger partial charge on any atom is 0.331 e. The molecule has 106 valence electrons. The van der Waals surface area contributed by atoms with Crippen molar-refractivity contribution in [3.05, 3.63) is 30.1 Å². The van der Waals surface area contributed by atoms with Crippen LogP contribution in [0.25, 0.3) is 11.4 Å². The van der Waals surface area contributed by atoms with Crippen molar-refractivity contribution >= 4 is 5.97 Å². The van der Waals surface area contributed by atoms with Crippen LogP contribution in [0.5, 0.6) is 0 Å². The predicted octanol–water partition coefficient (Wildman–Crippen LogP) is 2.08. The van der Waals surface area contributed by atoms with Crippen molar-refractivity contribution in [3.8, 4) is 11.4 Å². The highest BCUT2D eigenvalue weighted by Crippen LogP contribution is 2.29. The zero-order valence-electron chi connectivity index (χ0n) is 11.2. The van der Waals surface area contributed by atoms with Crippen molar-refractivity contribution in [2.75, 3.05) is 0 Å². The highest BCUT2D eigenvalue weighted by atomic mass is 19.1. The molecule has 1 aromatic carbocycles. The minimum atomic E-state index is -1.20. The Bertz CT molecular complexity index is 605. The third-order valence-corrected chi connectivity index (χ3v) is 3.55. The average molecular weight is 278 g/mol. The van der Waals surface area contributed by atoms with Crippen LogP contribution in [0.3, 0.4) is 0 Å². The van der Waals surface area contributed by atoms with Gasteiger partial charge < -0.3 is 5.11 Å². The molecule has 0 aliphatic carbocycles. The molecule has 0 fully saturated rings. The zero-order chi connectivity index (χ0) is 14.8. The average Bonchev–Trinajstić information content (AvgIpc) is 2.91. The molecular weight excluding hydrogens is 263 g/mol. The second kappa shape index (κ2) is 5.36. The lowest BCUT2D eigenvalue weighted by Crippen LogP contribution is -2.42. The molecule has 0 bridgehead atoms. The molecular formula is C13H15FN4O2. The summed E-state index contributed by atoms with van der Waals surface area (Å²) in [5, 5.41) is 20.8. The van der Waals surface area contributed by atoms with Crippen molar-refractivity contribution in [3.63, 3.8) is 0 Å². The Kier molecular flexibility index (Phi) is 3.78. The molecule has 0 unspecified atom stereocenters. The second-order valence-corrected chi connectivity index (χ2v) is 4.47. The monoisotopic (exact) mass is 278 g/mol. The van der Waals surface area contributed by atoms with Gasteiger partial charge in [0.1, 0.15) is 5.82 Å². The van der Waals surface area contributed by atoms with Crippen LogP contribution >= 0.6 is 0 Å². The first-order chi connectivity index (χ1) is 9.55. The van der Waals surface area contributed by atoms with E-state index < -0.39 is 11.5 Å². The van der Waals surface area contributed by atoms with E-state index in [0.29, 0.717) is 24.2 Å². The van der Waals surface area contributed by atoms with Crippen LogP contribution in [0.1, 0.15) is 26.7 Å². The lowest BCUT2D eigenvalue weighted by atomic mass is 9.92. The minimum absolute atomic E-state index is 0.316. The molecule has 1 N–H and O–H groups in total. The van der Waals surface area contributed by atoms with Gasteiger partial charge in [0.25, 0.3) is 0 Å². The van der Waals surface area contributed by atoms with Gasteiger partial charge in [-0.3, -0.25) is 0 Å². The SMILES string of the molecule is CCC(CC)(C(=O)O)n1nnnc1-c1ccc(F)cc1. The van der Waals surface area contributed by atoms with Crippen LogP contribution in [0.15, 0.2) is 24.3 Å². The van der Waals surface area contributed by atoms with E-state index in [0.717, 1.165) is 0 Å². The van der Waals surface area contributed by atoms with Gasteiger partial charge in [0.05, 0.1) is 0 Å². The van der Waals surface area contributed by atoms with Crippen molar-refractivity contribution in [2.45, 2.75) is 32.2 Å². The van der Waals surface area contributed by atoms with Crippen LogP contribution in [-0.4, -0.2) is 31.3 Å². The molecule has 0 aliphatic rings. The van der Waals surface area contributed by atoms with E-state index in [9.17, 15) is 14.3 Å². The largest absolute Gasteiger partial charge is 0.479 e. The summed E-state index contributed by atoms with van der Waals surface area (Å²) in [6, 6.07) is 5.62. The fraction of sp³-hybridized carbons (Fsp3) is 0.385. The molecule has 6 nitrogen and oxygen atoms in total. The number of rotatable bonds is 5. The minimum Gasteiger partial charge on any atom is -0.479 e. The smallest absolute Gasteiger partial charge is 0.331 e. The summed E-state index contributed by atoms with van der Waals surface area (Å²) in [4.78, 5) is 11.6. The van der Waals surface area contributed by atoms with Crippen molar-refractivity contribution < 1.29 is 14.3 Å². The topological polar surface area (TPSA) is 80.9 Å². The number of benzene rings is 1. The molecule has 0 saturated heterocycles. The third-order valence-electron chi connectivity index (χ3n) is 3.55. The first kappa shape index (κ1) is 14.1. The van der Waals surface area contributed by atoms with Crippen molar-refractivity contribution in [1.82, 2.24) is 20.2 Å². The fourth-order valence-electron chi connectivity index (χ4n) is 2.20. The van der Waals surface area contributed by atoms with Gasteiger partial charge in [-0.05, 0) is 47.5 Å². The number of aromatic nitrogens is 4. The van der Waals surface area contributed by atoms with Gasteiger partial charge in [0, 0.05) is 5.56 Å². The summed E-state index contributed by atoms with van der Waals surface area (Å²) in [5.41, 5.74) is -0.628. The zero-order valence-corrected chi connectivity index (χ0v) is 11.2. The number of aliphatic carboxylic acids is 1. The Morgan fingerprint density at radius 1 is 1.30 bits per heavy atom. The van der Waals surface area contributed by atoms with Gasteiger partial charge in [-0.2, -0.15) is 0 Å². The number of carbonyl (C=O) groups is 1. The van der Waals surface area contributed by atoms with Gasteiger partial charge in [-0.15, -0.1) is 5.10 Å². The second-order valence-electron chi connectivity index (χ2n) is 4.47. The molecule has 0 atom stereocenters. The fourth-order valence-corrected chi connectivity index (χ4v) is 2.20. The number of hydrogen-bond acceptors (Lipinski definition) is 4. The van der Waals surface area contributed by atoms with E-state index in [-0.39, 0.29) is 5.82 Å². The van der Waals surface area contributed by atoms with Gasteiger partial charge in [0.15, 0.2) is 11.4 Å². The molecule has 7 heteroatoms. The summed E-state index contributed by atoms with van der Waals surface area (Å²) in [6.45, 7) is 3.54. The molecule has 0 spiro atoms. The number of carboxylic acid groups (broad SMARTS) is 1. The molecule has 1 heterocycles. The Balaban J connectivity index is 2.57. The van der Waals surface area contributed by atoms with Gasteiger partial charge in [-0.1, -0.05) is 13.8 Å². The van der Waals surface area contributed by atoms with Crippen LogP contribution in [0, 0.1) is 5.82 Å². The summed E-state index contributed by atoms with van der Waals surface area (Å²) in [6.07, 6.45) is 0.691. The summed E-state index contributed by atoms with van der Waals surface area (Å²) in [5.74, 6) is -1.04. The van der Waals surface area contributed by atoms with Gasteiger partial charge in [-0.25, -0.2) is 13.9 Å². The Hall–Kier alpha value is -2.31. The maximum atomic E-state index is 13.0. The van der Waals surface area contributed by atoms with Crippen LogP contribution in [0.2, 0.25) is 0 Å². The van der Waals surface area contributed by atoms with Crippen LogP contribution < -0.4 is 0 Å². The number of nitrogens with zero attached hydrogens (tertiary/aromatic N) is 4. The summed E-state index contributed by atoms with van der Waals surface area (Å²) in [7, 11) is 0. The van der Waals surface area contributed by atoms with E-state index in [2.05, 4.69) is 15.5 Å². The molecule has 1 aromatic heterocycles. The molecule has 0 radical (unpaired) electrons. The molecule has 0 amide bonds. The predicted molar refractivity (Wildman–Crippen MR) is 69.4 cm³/mol.